The number of hydrogen-bond donors (Lipinski definition) is 1. The summed E-state index contributed by atoms with van der Waals surface area (Å²) in [5.41, 5.74) is 0.889. The van der Waals surface area contributed by atoms with Crippen molar-refractivity contribution < 1.29 is 19.1 Å². The van der Waals surface area contributed by atoms with Crippen molar-refractivity contribution in [3.63, 3.8) is 0 Å². The van der Waals surface area contributed by atoms with Crippen LogP contribution in [-0.4, -0.2) is 71.2 Å². The lowest BCUT2D eigenvalue weighted by Gasteiger charge is -2.26. The lowest BCUT2D eigenvalue weighted by molar-refractivity contribution is -0.133. The second kappa shape index (κ2) is 8.18. The average molecular weight is 413 g/mol. The minimum absolute atomic E-state index is 0.0492. The Labute approximate surface area is 171 Å². The molecule has 1 aromatic carbocycles. The van der Waals surface area contributed by atoms with E-state index in [9.17, 15) is 9.59 Å². The van der Waals surface area contributed by atoms with Crippen LogP contribution in [0.4, 0.5) is 0 Å². The quantitative estimate of drug-likeness (QED) is 0.751. The Bertz CT molecular complexity index is 948. The number of amides is 2. The zero-order chi connectivity index (χ0) is 20.4. The number of methoxy groups -OCH3 is 1. The van der Waals surface area contributed by atoms with Crippen molar-refractivity contribution >= 4 is 45.7 Å². The molecule has 0 atom stereocenters. The number of thioether (sulfide) groups is 1. The van der Waals surface area contributed by atoms with Gasteiger partial charge in [-0.3, -0.25) is 15.0 Å². The van der Waals surface area contributed by atoms with E-state index in [0.29, 0.717) is 42.3 Å². The number of morpholine rings is 1. The molecule has 3 aliphatic heterocycles. The molecule has 0 bridgehead atoms. The van der Waals surface area contributed by atoms with Crippen LogP contribution in [0, 0.1) is 5.41 Å². The van der Waals surface area contributed by atoms with Crippen LogP contribution in [0.3, 0.4) is 0 Å². The zero-order valence-corrected chi connectivity index (χ0v) is 16.6. The summed E-state index contributed by atoms with van der Waals surface area (Å²) in [6.07, 6.45) is 1.71. The second-order valence-electron chi connectivity index (χ2n) is 6.46. The maximum Gasteiger partial charge on any atom is 0.283 e. The Kier molecular flexibility index (Phi) is 5.45. The van der Waals surface area contributed by atoms with Crippen LogP contribution in [0.25, 0.3) is 6.08 Å². The minimum atomic E-state index is -0.500. The molecule has 10 heteroatoms. The fraction of sp³-hybridized carbons (Fsp3) is 0.316. The monoisotopic (exact) mass is 413 g/mol. The van der Waals surface area contributed by atoms with Gasteiger partial charge in [-0.05, 0) is 35.5 Å². The minimum Gasteiger partial charge on any atom is -0.497 e. The maximum absolute atomic E-state index is 12.4. The normalized spacial score (nSPS) is 20.5. The highest BCUT2D eigenvalue weighted by Crippen LogP contribution is 2.29. The Balaban J connectivity index is 1.50. The highest BCUT2D eigenvalue weighted by Gasteiger charge is 2.36. The number of hydrogen-bond acceptors (Lipinski definition) is 7. The van der Waals surface area contributed by atoms with E-state index in [1.165, 1.54) is 5.01 Å². The summed E-state index contributed by atoms with van der Waals surface area (Å²) in [6, 6.07) is 7.13. The molecular formula is C19H19N5O4S. The van der Waals surface area contributed by atoms with Crippen LogP contribution in [0.15, 0.2) is 39.9 Å². The van der Waals surface area contributed by atoms with Gasteiger partial charge in [-0.25, -0.2) is 0 Å². The largest absolute Gasteiger partial charge is 0.497 e. The zero-order valence-electron chi connectivity index (χ0n) is 15.8. The van der Waals surface area contributed by atoms with Crippen molar-refractivity contribution in [3.8, 4) is 5.75 Å². The topological polar surface area (TPSA) is 108 Å². The number of fused-ring (bicyclic) bond motifs is 1. The van der Waals surface area contributed by atoms with Crippen LogP contribution in [0.5, 0.6) is 5.75 Å². The second-order valence-corrected chi connectivity index (χ2v) is 7.50. The smallest absolute Gasteiger partial charge is 0.283 e. The molecule has 29 heavy (non-hydrogen) atoms. The molecule has 1 saturated heterocycles. The summed E-state index contributed by atoms with van der Waals surface area (Å²) >= 11 is 1.15. The van der Waals surface area contributed by atoms with Crippen molar-refractivity contribution in [1.82, 2.24) is 9.91 Å². The Morgan fingerprint density at radius 1 is 1.31 bits per heavy atom. The van der Waals surface area contributed by atoms with E-state index in [0.717, 1.165) is 17.3 Å². The van der Waals surface area contributed by atoms with Gasteiger partial charge in [0.15, 0.2) is 5.84 Å². The van der Waals surface area contributed by atoms with Gasteiger partial charge in [0.05, 0.1) is 32.3 Å². The highest BCUT2D eigenvalue weighted by atomic mass is 32.2. The molecule has 0 spiro atoms. The number of ether oxygens (including phenoxy) is 2. The van der Waals surface area contributed by atoms with Crippen LogP contribution in [0.1, 0.15) is 12.0 Å². The van der Waals surface area contributed by atoms with Gasteiger partial charge < -0.3 is 14.4 Å². The molecule has 0 aliphatic carbocycles. The number of aliphatic imine (C=N–C) groups is 1. The van der Waals surface area contributed by atoms with Gasteiger partial charge in [-0.1, -0.05) is 12.1 Å². The molecule has 1 fully saturated rings. The molecule has 0 radical (unpaired) electrons. The lowest BCUT2D eigenvalue weighted by atomic mass is 10.1. The van der Waals surface area contributed by atoms with Crippen LogP contribution < -0.4 is 4.74 Å². The van der Waals surface area contributed by atoms with Gasteiger partial charge in [0, 0.05) is 13.1 Å². The molecule has 2 amide bonds. The standard InChI is InChI=1S/C19H19N5O4S/c1-27-13-4-2-12(3-5-13)10-14-17(20)24-19(21-18(14)26)29-15(22-24)11-16(25)23-6-8-28-9-7-23/h2-5,10,20H,6-9,11H2,1H3/b14-10-,20-17?. The van der Waals surface area contributed by atoms with E-state index in [4.69, 9.17) is 14.9 Å². The molecule has 9 nitrogen and oxygen atoms in total. The Hall–Kier alpha value is -2.98. The molecule has 3 heterocycles. The number of hydrazone groups is 1. The van der Waals surface area contributed by atoms with Gasteiger partial charge in [-0.2, -0.15) is 15.1 Å². The molecule has 0 saturated carbocycles. The first kappa shape index (κ1) is 19.3. The molecular weight excluding hydrogens is 394 g/mol. The first-order chi connectivity index (χ1) is 14.0. The number of benzene rings is 1. The van der Waals surface area contributed by atoms with Crippen molar-refractivity contribution in [2.45, 2.75) is 6.42 Å². The number of carbonyl (C=O) groups is 2. The summed E-state index contributed by atoms with van der Waals surface area (Å²) in [6.45, 7) is 2.18. The van der Waals surface area contributed by atoms with Crippen LogP contribution >= 0.6 is 11.8 Å². The predicted molar refractivity (Wildman–Crippen MR) is 110 cm³/mol. The number of nitrogens with one attached hydrogen (secondary N) is 1. The average Bonchev–Trinajstić information content (AvgIpc) is 3.14. The van der Waals surface area contributed by atoms with E-state index in [1.807, 2.05) is 0 Å². The molecule has 1 aromatic rings. The summed E-state index contributed by atoms with van der Waals surface area (Å²) in [7, 11) is 1.58. The van der Waals surface area contributed by atoms with Crippen LogP contribution in [0.2, 0.25) is 0 Å². The SMILES string of the molecule is COc1ccc(/C=C2/C(=N)N3N=C(CC(=O)N4CCOCC4)SC3=NC2=O)cc1. The summed E-state index contributed by atoms with van der Waals surface area (Å²) in [5.74, 6) is 0.0946. The van der Waals surface area contributed by atoms with Crippen LogP contribution in [-0.2, 0) is 14.3 Å². The fourth-order valence-electron chi connectivity index (χ4n) is 3.02. The number of rotatable bonds is 4. The molecule has 3 aliphatic rings. The highest BCUT2D eigenvalue weighted by molar-refractivity contribution is 8.27. The maximum atomic E-state index is 12.4. The molecule has 150 valence electrons. The van der Waals surface area contributed by atoms with Crippen molar-refractivity contribution in [2.24, 2.45) is 10.1 Å². The van der Waals surface area contributed by atoms with Crippen molar-refractivity contribution in [2.75, 3.05) is 33.4 Å². The molecule has 1 N–H and O–H groups in total. The third-order valence-corrected chi connectivity index (χ3v) is 5.50. The molecule has 0 unspecified atom stereocenters. The Morgan fingerprint density at radius 2 is 2.03 bits per heavy atom. The van der Waals surface area contributed by atoms with Crippen molar-refractivity contribution in [1.29, 1.82) is 5.41 Å². The first-order valence-corrected chi connectivity index (χ1v) is 9.85. The third-order valence-electron chi connectivity index (χ3n) is 4.59. The number of amidine groups is 2. The van der Waals surface area contributed by atoms with Gasteiger partial charge >= 0.3 is 0 Å². The number of carbonyl (C=O) groups excluding carboxylic acids is 2. The van der Waals surface area contributed by atoms with Gasteiger partial charge in [-0.15, -0.1) is 0 Å². The Morgan fingerprint density at radius 3 is 2.72 bits per heavy atom. The number of nitrogens with zero attached hydrogens (tertiary/aromatic N) is 4. The summed E-state index contributed by atoms with van der Waals surface area (Å²) in [4.78, 5) is 30.7. The predicted octanol–water partition coefficient (Wildman–Crippen LogP) is 1.56. The van der Waals surface area contributed by atoms with Crippen molar-refractivity contribution in [3.05, 3.63) is 35.4 Å². The summed E-state index contributed by atoms with van der Waals surface area (Å²) < 4.78 is 10.4. The van der Waals surface area contributed by atoms with Gasteiger partial charge in [0.25, 0.3) is 5.91 Å². The molecule has 0 aromatic heterocycles. The summed E-state index contributed by atoms with van der Waals surface area (Å²) in [5, 5.41) is 14.9. The third kappa shape index (κ3) is 4.08. The van der Waals surface area contributed by atoms with Gasteiger partial charge in [0.1, 0.15) is 10.8 Å². The lowest BCUT2D eigenvalue weighted by Crippen LogP contribution is -2.41. The molecule has 4 rings (SSSR count). The van der Waals surface area contributed by atoms with E-state index < -0.39 is 5.91 Å². The van der Waals surface area contributed by atoms with E-state index >= 15 is 0 Å². The van der Waals surface area contributed by atoms with E-state index in [2.05, 4.69) is 10.1 Å². The first-order valence-electron chi connectivity index (χ1n) is 9.04. The van der Waals surface area contributed by atoms with E-state index in [-0.39, 0.29) is 23.7 Å². The van der Waals surface area contributed by atoms with Gasteiger partial charge in [0.2, 0.25) is 11.1 Å². The van der Waals surface area contributed by atoms with E-state index in [1.54, 1.807) is 42.4 Å². The fourth-order valence-corrected chi connectivity index (χ4v) is 3.90.